The summed E-state index contributed by atoms with van der Waals surface area (Å²) in [5.74, 6) is 6.26. The van der Waals surface area contributed by atoms with Gasteiger partial charge in [0.05, 0.1) is 6.61 Å². The van der Waals surface area contributed by atoms with Gasteiger partial charge < -0.3 is 10.5 Å². The number of sulfonamides is 1. The summed E-state index contributed by atoms with van der Waals surface area (Å²) in [5, 5.41) is 1.32. The van der Waals surface area contributed by atoms with Crippen LogP contribution >= 0.6 is 0 Å². The Morgan fingerprint density at radius 3 is 2.81 bits per heavy atom. The van der Waals surface area contributed by atoms with E-state index >= 15 is 0 Å². The second kappa shape index (κ2) is 7.37. The van der Waals surface area contributed by atoms with Gasteiger partial charge in [0, 0.05) is 6.54 Å². The van der Waals surface area contributed by atoms with Gasteiger partial charge >= 0.3 is 0 Å². The first-order chi connectivity index (χ1) is 9.81. The van der Waals surface area contributed by atoms with Crippen molar-refractivity contribution in [3.8, 4) is 0 Å². The van der Waals surface area contributed by atoms with Crippen LogP contribution in [0, 0.1) is 5.92 Å². The Kier molecular flexibility index (Phi) is 6.10. The van der Waals surface area contributed by atoms with Crippen molar-refractivity contribution in [2.24, 2.45) is 17.5 Å². The third-order valence-corrected chi connectivity index (χ3v) is 4.69. The molecule has 0 aliphatic carbocycles. The summed E-state index contributed by atoms with van der Waals surface area (Å²) in [4.78, 5) is -0.145. The average molecular weight is 316 g/mol. The molecule has 1 fully saturated rings. The van der Waals surface area contributed by atoms with E-state index in [0.29, 0.717) is 19.1 Å². The molecule has 1 saturated heterocycles. The molecular weight excluding hydrogens is 292 g/mol. The van der Waals surface area contributed by atoms with Crippen molar-refractivity contribution in [3.63, 3.8) is 0 Å². The summed E-state index contributed by atoms with van der Waals surface area (Å²) in [6, 6.07) is 0. The zero-order valence-electron chi connectivity index (χ0n) is 12.3. The van der Waals surface area contributed by atoms with Gasteiger partial charge in [-0.3, -0.25) is 9.73 Å². The number of allylic oxidation sites excluding steroid dienone is 1. The van der Waals surface area contributed by atoms with Gasteiger partial charge in [0.1, 0.15) is 10.7 Å². The third-order valence-electron chi connectivity index (χ3n) is 3.24. The van der Waals surface area contributed by atoms with Crippen molar-refractivity contribution in [1.82, 2.24) is 9.73 Å². The van der Waals surface area contributed by atoms with Crippen LogP contribution in [0.4, 0.5) is 0 Å². The SMILES string of the molecule is C=C/C(=C1/OCCCC(CC)CN1N)S(=O)(=O)NC(=C)N. The highest BCUT2D eigenvalue weighted by Crippen LogP contribution is 2.23. The van der Waals surface area contributed by atoms with E-state index in [4.69, 9.17) is 16.3 Å². The fourth-order valence-corrected chi connectivity index (χ4v) is 3.24. The molecule has 1 unspecified atom stereocenters. The lowest BCUT2D eigenvalue weighted by Crippen LogP contribution is -2.40. The molecule has 5 N–H and O–H groups in total. The summed E-state index contributed by atoms with van der Waals surface area (Å²) in [7, 11) is -3.92. The van der Waals surface area contributed by atoms with Crippen molar-refractivity contribution in [2.45, 2.75) is 26.2 Å². The molecule has 0 amide bonds. The van der Waals surface area contributed by atoms with Gasteiger partial charge in [-0.1, -0.05) is 26.5 Å². The van der Waals surface area contributed by atoms with Crippen LogP contribution in [-0.2, 0) is 14.8 Å². The molecule has 1 heterocycles. The topological polar surface area (TPSA) is 111 Å². The van der Waals surface area contributed by atoms with Crippen LogP contribution in [0.25, 0.3) is 0 Å². The highest BCUT2D eigenvalue weighted by Gasteiger charge is 2.26. The number of hydrogen-bond acceptors (Lipinski definition) is 6. The highest BCUT2D eigenvalue weighted by atomic mass is 32.2. The van der Waals surface area contributed by atoms with Gasteiger partial charge in [-0.05, 0) is 24.8 Å². The van der Waals surface area contributed by atoms with Gasteiger partial charge in [-0.15, -0.1) is 0 Å². The predicted octanol–water partition coefficient (Wildman–Crippen LogP) is 0.703. The van der Waals surface area contributed by atoms with Crippen LogP contribution in [-0.4, -0.2) is 26.6 Å². The maximum absolute atomic E-state index is 12.2. The van der Waals surface area contributed by atoms with Gasteiger partial charge in [0.15, 0.2) is 0 Å². The summed E-state index contributed by atoms with van der Waals surface area (Å²) in [6.07, 6.45) is 3.99. The van der Waals surface area contributed by atoms with E-state index in [1.165, 1.54) is 11.1 Å². The van der Waals surface area contributed by atoms with E-state index in [-0.39, 0.29) is 16.6 Å². The van der Waals surface area contributed by atoms with E-state index in [9.17, 15) is 8.42 Å². The molecule has 0 aromatic carbocycles. The zero-order valence-corrected chi connectivity index (χ0v) is 13.2. The average Bonchev–Trinajstić information content (AvgIpc) is 2.36. The Morgan fingerprint density at radius 2 is 2.29 bits per heavy atom. The molecule has 0 aromatic rings. The molecule has 1 rings (SSSR count). The molecule has 0 bridgehead atoms. The van der Waals surface area contributed by atoms with Crippen LogP contribution in [0.2, 0.25) is 0 Å². The molecule has 0 radical (unpaired) electrons. The molecule has 1 aliphatic heterocycles. The molecule has 0 saturated carbocycles. The first kappa shape index (κ1) is 17.4. The van der Waals surface area contributed by atoms with Crippen LogP contribution < -0.4 is 16.3 Å². The Hall–Kier alpha value is -1.67. The van der Waals surface area contributed by atoms with Crippen molar-refractivity contribution >= 4 is 10.0 Å². The van der Waals surface area contributed by atoms with Crippen LogP contribution in [0.15, 0.2) is 35.8 Å². The number of ether oxygens (including phenoxy) is 1. The Bertz CT molecular complexity index is 528. The van der Waals surface area contributed by atoms with Crippen LogP contribution in [0.3, 0.4) is 0 Å². The van der Waals surface area contributed by atoms with E-state index < -0.39 is 10.0 Å². The first-order valence-electron chi connectivity index (χ1n) is 6.80. The molecule has 21 heavy (non-hydrogen) atoms. The number of hydrogen-bond donors (Lipinski definition) is 3. The summed E-state index contributed by atoms with van der Waals surface area (Å²) in [5.41, 5.74) is 5.31. The molecule has 1 atom stereocenters. The minimum Gasteiger partial charge on any atom is -0.477 e. The van der Waals surface area contributed by atoms with Crippen LogP contribution in [0.5, 0.6) is 0 Å². The van der Waals surface area contributed by atoms with E-state index in [1.807, 2.05) is 0 Å². The first-order valence-corrected chi connectivity index (χ1v) is 8.29. The lowest BCUT2D eigenvalue weighted by atomic mass is 10.00. The standard InChI is InChI=1S/C13H24N4O3S/c1-4-11-7-6-8-20-13(17(15)9-11)12(5-2)21(18,19)16-10(3)14/h5,11,16H,2-4,6-9,14-15H2,1H3/b13-12-. The predicted molar refractivity (Wildman–Crippen MR) is 82.5 cm³/mol. The minimum absolute atomic E-state index is 0.0805. The maximum atomic E-state index is 12.2. The number of nitrogens with zero attached hydrogens (tertiary/aromatic N) is 1. The normalized spacial score (nSPS) is 22.6. The van der Waals surface area contributed by atoms with E-state index in [0.717, 1.165) is 19.3 Å². The summed E-state index contributed by atoms with van der Waals surface area (Å²) >= 11 is 0. The van der Waals surface area contributed by atoms with Gasteiger partial charge in [-0.2, -0.15) is 0 Å². The molecule has 0 spiro atoms. The molecule has 120 valence electrons. The molecule has 7 nitrogen and oxygen atoms in total. The van der Waals surface area contributed by atoms with Crippen molar-refractivity contribution < 1.29 is 13.2 Å². The zero-order chi connectivity index (χ0) is 16.0. The largest absolute Gasteiger partial charge is 0.477 e. The Balaban J connectivity index is 3.19. The second-order valence-corrected chi connectivity index (χ2v) is 6.57. The van der Waals surface area contributed by atoms with Gasteiger partial charge in [0.2, 0.25) is 5.88 Å². The summed E-state index contributed by atoms with van der Waals surface area (Å²) in [6.45, 7) is 9.85. The maximum Gasteiger partial charge on any atom is 0.268 e. The highest BCUT2D eigenvalue weighted by molar-refractivity contribution is 7.93. The van der Waals surface area contributed by atoms with Crippen LogP contribution in [0.1, 0.15) is 26.2 Å². The molecular formula is C13H24N4O3S. The van der Waals surface area contributed by atoms with Crippen molar-refractivity contribution in [3.05, 3.63) is 35.8 Å². The van der Waals surface area contributed by atoms with Gasteiger partial charge in [-0.25, -0.2) is 14.3 Å². The monoisotopic (exact) mass is 316 g/mol. The van der Waals surface area contributed by atoms with Crippen molar-refractivity contribution in [2.75, 3.05) is 13.2 Å². The second-order valence-electron chi connectivity index (χ2n) is 4.92. The molecule has 1 aliphatic rings. The summed E-state index contributed by atoms with van der Waals surface area (Å²) < 4.78 is 32.1. The minimum atomic E-state index is -3.92. The number of nitrogens with two attached hydrogens (primary N) is 2. The fourth-order valence-electron chi connectivity index (χ4n) is 2.16. The van der Waals surface area contributed by atoms with Gasteiger partial charge in [0.25, 0.3) is 10.0 Å². The van der Waals surface area contributed by atoms with E-state index in [2.05, 4.69) is 24.8 Å². The number of hydrazine groups is 1. The van der Waals surface area contributed by atoms with E-state index in [1.54, 1.807) is 0 Å². The third kappa shape index (κ3) is 4.68. The molecule has 8 heteroatoms. The smallest absolute Gasteiger partial charge is 0.268 e. The van der Waals surface area contributed by atoms with Crippen molar-refractivity contribution in [1.29, 1.82) is 0 Å². The number of rotatable bonds is 5. The molecule has 0 aromatic heterocycles. The fraction of sp³-hybridized carbons (Fsp3) is 0.538. The lowest BCUT2D eigenvalue weighted by molar-refractivity contribution is 0.0742. The lowest BCUT2D eigenvalue weighted by Gasteiger charge is -2.30. The number of nitrogens with one attached hydrogen (secondary N) is 1. The Labute approximate surface area is 126 Å². The Morgan fingerprint density at radius 1 is 1.62 bits per heavy atom. The quantitative estimate of drug-likeness (QED) is 0.644.